The minimum absolute atomic E-state index is 0.291. The summed E-state index contributed by atoms with van der Waals surface area (Å²) in [7, 11) is 0. The Balaban J connectivity index is 1.45. The number of thiophene rings is 1. The van der Waals surface area contributed by atoms with Crippen molar-refractivity contribution in [2.24, 2.45) is 0 Å². The fraction of sp³-hybridized carbons (Fsp3) is 0.286. The topological polar surface area (TPSA) is 83.7 Å². The average Bonchev–Trinajstić information content (AvgIpc) is 3.40. The van der Waals surface area contributed by atoms with E-state index in [4.69, 9.17) is 9.15 Å². The molecule has 3 rings (SSSR count). The number of unbranched alkanes of at least 4 members (excludes halogenated alkanes) is 1. The van der Waals surface area contributed by atoms with Gasteiger partial charge < -0.3 is 24.9 Å². The largest absolute Gasteiger partial charge is 0.494 e. The molecule has 0 spiro atoms. The standard InChI is InChI=1S/C21H24N2O4S/c1-2-3-12-26-16-8-6-15(7-9-16)23-21(25)22-14-17-10-11-19(28-17)20(24)18-5-4-13-27-18/h4-11,13,20,24H,2-3,12,14H2,1H3,(H2,22,23,25)/t20-/m1/s1. The molecule has 1 aromatic carbocycles. The molecule has 1 atom stereocenters. The minimum atomic E-state index is -0.791. The summed E-state index contributed by atoms with van der Waals surface area (Å²) >= 11 is 1.43. The Labute approximate surface area is 168 Å². The van der Waals surface area contributed by atoms with Gasteiger partial charge in [-0.15, -0.1) is 11.3 Å². The number of nitrogens with one attached hydrogen (secondary N) is 2. The van der Waals surface area contributed by atoms with Crippen molar-refractivity contribution in [1.82, 2.24) is 5.32 Å². The predicted molar refractivity (Wildman–Crippen MR) is 110 cm³/mol. The maximum absolute atomic E-state index is 12.1. The quantitative estimate of drug-likeness (QED) is 0.445. The Morgan fingerprint density at radius 3 is 2.75 bits per heavy atom. The number of furan rings is 1. The first kappa shape index (κ1) is 20.0. The lowest BCUT2D eigenvalue weighted by atomic mass is 10.2. The molecule has 148 valence electrons. The number of carbonyl (C=O) groups excluding carboxylic acids is 1. The number of aliphatic hydroxyl groups excluding tert-OH is 1. The van der Waals surface area contributed by atoms with Crippen LogP contribution in [0, 0.1) is 0 Å². The van der Waals surface area contributed by atoms with Crippen LogP contribution < -0.4 is 15.4 Å². The highest BCUT2D eigenvalue weighted by molar-refractivity contribution is 7.12. The molecule has 0 aliphatic rings. The summed E-state index contributed by atoms with van der Waals surface area (Å²) in [6, 6.07) is 14.2. The third kappa shape index (κ3) is 5.61. The third-order valence-electron chi connectivity index (χ3n) is 4.07. The number of carbonyl (C=O) groups is 1. The minimum Gasteiger partial charge on any atom is -0.494 e. The lowest BCUT2D eigenvalue weighted by Crippen LogP contribution is -2.27. The van der Waals surface area contributed by atoms with Crippen LogP contribution >= 0.6 is 11.3 Å². The van der Waals surface area contributed by atoms with Crippen LogP contribution in [0.1, 0.15) is 41.4 Å². The molecule has 2 aromatic heterocycles. The van der Waals surface area contributed by atoms with Crippen LogP contribution in [-0.2, 0) is 6.54 Å². The van der Waals surface area contributed by atoms with Crippen molar-refractivity contribution < 1.29 is 19.1 Å². The molecule has 0 bridgehead atoms. The molecule has 6 nitrogen and oxygen atoms in total. The van der Waals surface area contributed by atoms with Gasteiger partial charge in [-0.3, -0.25) is 0 Å². The second-order valence-corrected chi connectivity index (χ2v) is 7.46. The van der Waals surface area contributed by atoms with Crippen molar-refractivity contribution in [2.45, 2.75) is 32.4 Å². The third-order valence-corrected chi connectivity index (χ3v) is 5.20. The molecule has 3 N–H and O–H groups in total. The zero-order chi connectivity index (χ0) is 19.8. The molecule has 0 fully saturated rings. The number of aliphatic hydroxyl groups is 1. The Bertz CT molecular complexity index is 859. The highest BCUT2D eigenvalue weighted by Crippen LogP contribution is 2.28. The number of urea groups is 1. The van der Waals surface area contributed by atoms with Crippen LogP contribution in [0.5, 0.6) is 5.75 Å². The predicted octanol–water partition coefficient (Wildman–Crippen LogP) is 4.92. The fourth-order valence-electron chi connectivity index (χ4n) is 2.54. The van der Waals surface area contributed by atoms with E-state index in [1.165, 1.54) is 17.6 Å². The number of benzene rings is 1. The summed E-state index contributed by atoms with van der Waals surface area (Å²) in [5, 5.41) is 15.9. The molecule has 0 aliphatic carbocycles. The molecule has 0 saturated heterocycles. The average molecular weight is 401 g/mol. The Morgan fingerprint density at radius 1 is 1.21 bits per heavy atom. The molecule has 2 heterocycles. The van der Waals surface area contributed by atoms with Gasteiger partial charge in [-0.05, 0) is 55.0 Å². The van der Waals surface area contributed by atoms with Gasteiger partial charge in [0.25, 0.3) is 0 Å². The van der Waals surface area contributed by atoms with Crippen molar-refractivity contribution >= 4 is 23.1 Å². The van der Waals surface area contributed by atoms with E-state index in [2.05, 4.69) is 17.6 Å². The van der Waals surface area contributed by atoms with E-state index in [0.29, 0.717) is 24.6 Å². The van der Waals surface area contributed by atoms with Gasteiger partial charge in [-0.25, -0.2) is 4.79 Å². The van der Waals surface area contributed by atoms with Gasteiger partial charge in [0.2, 0.25) is 0 Å². The van der Waals surface area contributed by atoms with Gasteiger partial charge in [0.05, 0.1) is 19.4 Å². The van der Waals surface area contributed by atoms with E-state index in [1.807, 2.05) is 36.4 Å². The van der Waals surface area contributed by atoms with Gasteiger partial charge in [-0.1, -0.05) is 13.3 Å². The van der Waals surface area contributed by atoms with Crippen LogP contribution in [-0.4, -0.2) is 17.7 Å². The second-order valence-electron chi connectivity index (χ2n) is 6.26. The SMILES string of the molecule is CCCCOc1ccc(NC(=O)NCc2ccc([C@H](O)c3ccco3)s2)cc1. The van der Waals surface area contributed by atoms with Crippen molar-refractivity contribution in [3.8, 4) is 5.75 Å². The molecule has 0 aliphatic heterocycles. The van der Waals surface area contributed by atoms with E-state index in [1.54, 1.807) is 12.1 Å². The summed E-state index contributed by atoms with van der Waals surface area (Å²) in [5.74, 6) is 1.29. The van der Waals surface area contributed by atoms with Crippen LogP contribution in [0.3, 0.4) is 0 Å². The van der Waals surface area contributed by atoms with Gasteiger partial charge >= 0.3 is 6.03 Å². The number of amides is 2. The van der Waals surface area contributed by atoms with Crippen LogP contribution in [0.15, 0.2) is 59.2 Å². The molecular formula is C21H24N2O4S. The first-order valence-corrected chi connectivity index (χ1v) is 10.0. The number of anilines is 1. The van der Waals surface area contributed by atoms with E-state index >= 15 is 0 Å². The maximum Gasteiger partial charge on any atom is 0.319 e. The molecule has 3 aromatic rings. The van der Waals surface area contributed by atoms with Crippen molar-refractivity contribution in [3.05, 3.63) is 70.3 Å². The number of hydrogen-bond acceptors (Lipinski definition) is 5. The summed E-state index contributed by atoms with van der Waals surface area (Å²) in [4.78, 5) is 13.8. The molecule has 0 saturated carbocycles. The summed E-state index contributed by atoms with van der Waals surface area (Å²) in [6.07, 6.45) is 2.85. The van der Waals surface area contributed by atoms with E-state index in [0.717, 1.165) is 28.3 Å². The first-order chi connectivity index (χ1) is 13.7. The zero-order valence-corrected chi connectivity index (χ0v) is 16.5. The highest BCUT2D eigenvalue weighted by Gasteiger charge is 2.15. The summed E-state index contributed by atoms with van der Waals surface area (Å²) in [6.45, 7) is 3.19. The maximum atomic E-state index is 12.1. The highest BCUT2D eigenvalue weighted by atomic mass is 32.1. The van der Waals surface area contributed by atoms with Gasteiger partial charge in [0.15, 0.2) is 0 Å². The molecule has 0 radical (unpaired) electrons. The lowest BCUT2D eigenvalue weighted by molar-refractivity contribution is 0.193. The first-order valence-electron chi connectivity index (χ1n) is 9.23. The number of hydrogen-bond donors (Lipinski definition) is 3. The van der Waals surface area contributed by atoms with Gasteiger partial charge in [-0.2, -0.15) is 0 Å². The van der Waals surface area contributed by atoms with E-state index in [9.17, 15) is 9.90 Å². The van der Waals surface area contributed by atoms with Crippen molar-refractivity contribution in [2.75, 3.05) is 11.9 Å². The zero-order valence-electron chi connectivity index (χ0n) is 15.7. The van der Waals surface area contributed by atoms with Crippen molar-refractivity contribution in [3.63, 3.8) is 0 Å². The molecule has 28 heavy (non-hydrogen) atoms. The van der Waals surface area contributed by atoms with E-state index in [-0.39, 0.29) is 6.03 Å². The monoisotopic (exact) mass is 400 g/mol. The Morgan fingerprint density at radius 2 is 2.04 bits per heavy atom. The molecule has 7 heteroatoms. The number of ether oxygens (including phenoxy) is 1. The fourth-order valence-corrected chi connectivity index (χ4v) is 3.48. The molecular weight excluding hydrogens is 376 g/mol. The van der Waals surface area contributed by atoms with Gasteiger partial charge in [0.1, 0.15) is 17.6 Å². The summed E-state index contributed by atoms with van der Waals surface area (Å²) in [5.41, 5.74) is 0.695. The molecule has 0 unspecified atom stereocenters. The Kier molecular flexibility index (Phi) is 7.11. The number of rotatable bonds is 9. The molecule has 2 amide bonds. The summed E-state index contributed by atoms with van der Waals surface area (Å²) < 4.78 is 10.8. The van der Waals surface area contributed by atoms with E-state index < -0.39 is 6.10 Å². The lowest BCUT2D eigenvalue weighted by Gasteiger charge is -2.09. The smallest absolute Gasteiger partial charge is 0.319 e. The van der Waals surface area contributed by atoms with Crippen LogP contribution in [0.25, 0.3) is 0 Å². The van der Waals surface area contributed by atoms with Crippen LogP contribution in [0.4, 0.5) is 10.5 Å². The second kappa shape index (κ2) is 9.96. The van der Waals surface area contributed by atoms with Crippen molar-refractivity contribution in [1.29, 1.82) is 0 Å². The van der Waals surface area contributed by atoms with Crippen LogP contribution in [0.2, 0.25) is 0 Å². The normalized spacial score (nSPS) is 11.8. The van der Waals surface area contributed by atoms with Gasteiger partial charge in [0, 0.05) is 15.4 Å². The Hall–Kier alpha value is -2.77.